The van der Waals surface area contributed by atoms with E-state index < -0.39 is 0 Å². The van der Waals surface area contributed by atoms with E-state index in [2.05, 4.69) is 16.0 Å². The Bertz CT molecular complexity index is 1130. The molecule has 0 aliphatic carbocycles. The number of nitrogens with zero attached hydrogens (tertiary/aromatic N) is 4. The highest BCUT2D eigenvalue weighted by atomic mass is 16.4. The Kier molecular flexibility index (Phi) is 3.90. The van der Waals surface area contributed by atoms with Gasteiger partial charge in [-0.15, -0.1) is 0 Å². The minimum absolute atomic E-state index is 0.0587. The molecule has 0 radical (unpaired) electrons. The largest absolute Gasteiger partial charge is 0.465 e. The van der Waals surface area contributed by atoms with E-state index in [1.807, 2.05) is 22.8 Å². The summed E-state index contributed by atoms with van der Waals surface area (Å²) >= 11 is 0. The minimum atomic E-state index is 0.0587. The lowest BCUT2D eigenvalue weighted by Crippen LogP contribution is -2.47. The highest BCUT2D eigenvalue weighted by molar-refractivity contribution is 5.64. The molecular weight excluding hydrogens is 356 g/mol. The van der Waals surface area contributed by atoms with Gasteiger partial charge in [-0.1, -0.05) is 6.07 Å². The molecule has 140 valence electrons. The van der Waals surface area contributed by atoms with Crippen LogP contribution in [0.2, 0.25) is 0 Å². The van der Waals surface area contributed by atoms with Gasteiger partial charge in [-0.3, -0.25) is 4.79 Å². The summed E-state index contributed by atoms with van der Waals surface area (Å²) in [4.78, 5) is 18.6. The number of oxazole rings is 1. The van der Waals surface area contributed by atoms with E-state index in [1.54, 1.807) is 30.5 Å². The Morgan fingerprint density at radius 3 is 2.93 bits per heavy atom. The number of pyridine rings is 1. The number of anilines is 1. The normalized spacial score (nSPS) is 20.9. The van der Waals surface area contributed by atoms with E-state index in [4.69, 9.17) is 8.83 Å². The molecule has 2 aliphatic heterocycles. The number of fused-ring (bicyclic) bond motifs is 4. The molecule has 5 heterocycles. The first-order valence-corrected chi connectivity index (χ1v) is 9.28. The fourth-order valence-corrected chi connectivity index (χ4v) is 4.29. The molecule has 28 heavy (non-hydrogen) atoms. The molecule has 2 aliphatic rings. The van der Waals surface area contributed by atoms with Crippen molar-refractivity contribution in [3.05, 3.63) is 70.0 Å². The molecule has 2 atom stereocenters. The molecule has 2 unspecified atom stereocenters. The second-order valence-electron chi connectivity index (χ2n) is 7.27. The summed E-state index contributed by atoms with van der Waals surface area (Å²) in [5.41, 5.74) is 1.40. The number of hydrogen-bond donors (Lipinski definition) is 0. The lowest BCUT2D eigenvalue weighted by Gasteiger charge is -2.42. The Morgan fingerprint density at radius 1 is 1.18 bits per heavy atom. The third-order valence-corrected chi connectivity index (χ3v) is 5.43. The molecule has 2 bridgehead atoms. The van der Waals surface area contributed by atoms with Gasteiger partial charge in [-0.25, -0.2) is 0 Å². The lowest BCUT2D eigenvalue weighted by atomic mass is 9.83. The van der Waals surface area contributed by atoms with Gasteiger partial charge in [-0.05, 0) is 36.6 Å². The standard InChI is InChI=1S/C21H18N4O3/c22-10-17-21(28-19(23-17)7-6-16-3-2-8-27-16)24-11-14-9-15(13-24)18-4-1-5-20(26)25(18)12-14/h1-8,14-15H,9,11-13H2. The summed E-state index contributed by atoms with van der Waals surface area (Å²) in [5, 5.41) is 9.52. The van der Waals surface area contributed by atoms with Crippen molar-refractivity contribution < 1.29 is 8.83 Å². The topological polar surface area (TPSA) is 88.2 Å². The van der Waals surface area contributed by atoms with Crippen LogP contribution in [0.5, 0.6) is 0 Å². The quantitative estimate of drug-likeness (QED) is 0.700. The van der Waals surface area contributed by atoms with Crippen LogP contribution >= 0.6 is 0 Å². The summed E-state index contributed by atoms with van der Waals surface area (Å²) in [5.74, 6) is 2.14. The number of aromatic nitrogens is 2. The smallest absolute Gasteiger partial charge is 0.250 e. The van der Waals surface area contributed by atoms with E-state index in [9.17, 15) is 10.1 Å². The van der Waals surface area contributed by atoms with Crippen molar-refractivity contribution in [3.8, 4) is 6.07 Å². The Balaban J connectivity index is 1.44. The van der Waals surface area contributed by atoms with E-state index in [0.717, 1.165) is 18.7 Å². The van der Waals surface area contributed by atoms with Gasteiger partial charge in [-0.2, -0.15) is 10.2 Å². The molecular formula is C21H18N4O3. The highest BCUT2D eigenvalue weighted by Gasteiger charge is 2.36. The van der Waals surface area contributed by atoms with Crippen molar-refractivity contribution in [2.24, 2.45) is 5.92 Å². The second-order valence-corrected chi connectivity index (χ2v) is 7.27. The molecule has 0 aromatic carbocycles. The molecule has 0 N–H and O–H groups in total. The Labute approximate surface area is 161 Å². The van der Waals surface area contributed by atoms with Crippen molar-refractivity contribution in [3.63, 3.8) is 0 Å². The number of piperidine rings is 1. The van der Waals surface area contributed by atoms with Crippen LogP contribution in [-0.2, 0) is 6.54 Å². The van der Waals surface area contributed by atoms with E-state index in [-0.39, 0.29) is 17.2 Å². The van der Waals surface area contributed by atoms with Crippen LogP contribution in [0.4, 0.5) is 5.88 Å². The van der Waals surface area contributed by atoms with Crippen molar-refractivity contribution in [1.82, 2.24) is 9.55 Å². The van der Waals surface area contributed by atoms with Crippen LogP contribution in [-0.4, -0.2) is 22.6 Å². The maximum Gasteiger partial charge on any atom is 0.250 e. The maximum atomic E-state index is 12.2. The van der Waals surface area contributed by atoms with Gasteiger partial charge in [0, 0.05) is 43.4 Å². The fraction of sp³-hybridized carbons (Fsp3) is 0.286. The zero-order valence-electron chi connectivity index (χ0n) is 15.1. The first-order chi connectivity index (χ1) is 13.7. The van der Waals surface area contributed by atoms with Gasteiger partial charge in [0.2, 0.25) is 17.5 Å². The molecule has 3 aromatic rings. The molecule has 0 amide bonds. The zero-order valence-corrected chi connectivity index (χ0v) is 15.1. The molecule has 1 fully saturated rings. The van der Waals surface area contributed by atoms with Crippen LogP contribution in [0.25, 0.3) is 12.2 Å². The van der Waals surface area contributed by atoms with Crippen molar-refractivity contribution >= 4 is 18.0 Å². The van der Waals surface area contributed by atoms with Crippen LogP contribution in [0.3, 0.4) is 0 Å². The van der Waals surface area contributed by atoms with Crippen molar-refractivity contribution in [2.45, 2.75) is 18.9 Å². The summed E-state index contributed by atoms with van der Waals surface area (Å²) in [6, 6.07) is 11.2. The van der Waals surface area contributed by atoms with Crippen molar-refractivity contribution in [1.29, 1.82) is 5.26 Å². The summed E-state index contributed by atoms with van der Waals surface area (Å²) in [7, 11) is 0. The van der Waals surface area contributed by atoms with Gasteiger partial charge in [0.05, 0.1) is 6.26 Å². The zero-order chi connectivity index (χ0) is 19.1. The molecule has 5 rings (SSSR count). The van der Waals surface area contributed by atoms with Crippen molar-refractivity contribution in [2.75, 3.05) is 18.0 Å². The van der Waals surface area contributed by atoms with E-state index >= 15 is 0 Å². The molecule has 0 saturated carbocycles. The van der Waals surface area contributed by atoms with Gasteiger partial charge < -0.3 is 18.3 Å². The summed E-state index contributed by atoms with van der Waals surface area (Å²) in [6.07, 6.45) is 6.09. The third-order valence-electron chi connectivity index (χ3n) is 5.43. The molecule has 3 aromatic heterocycles. The number of hydrogen-bond acceptors (Lipinski definition) is 6. The first kappa shape index (κ1) is 16.6. The first-order valence-electron chi connectivity index (χ1n) is 9.28. The maximum absolute atomic E-state index is 12.2. The highest BCUT2D eigenvalue weighted by Crippen LogP contribution is 2.38. The van der Waals surface area contributed by atoms with Gasteiger partial charge >= 0.3 is 0 Å². The van der Waals surface area contributed by atoms with E-state index in [1.165, 1.54) is 0 Å². The average Bonchev–Trinajstić information content (AvgIpc) is 3.36. The average molecular weight is 374 g/mol. The Hall–Kier alpha value is -3.53. The number of furan rings is 1. The summed E-state index contributed by atoms with van der Waals surface area (Å²) in [6.45, 7) is 2.14. The minimum Gasteiger partial charge on any atom is -0.465 e. The van der Waals surface area contributed by atoms with Crippen LogP contribution in [0.1, 0.15) is 35.4 Å². The molecule has 7 nitrogen and oxygen atoms in total. The van der Waals surface area contributed by atoms with Gasteiger partial charge in [0.1, 0.15) is 11.8 Å². The number of nitriles is 1. The molecule has 0 spiro atoms. The van der Waals surface area contributed by atoms with Gasteiger partial charge in [0.25, 0.3) is 5.56 Å². The van der Waals surface area contributed by atoms with Gasteiger partial charge in [0.15, 0.2) is 0 Å². The third kappa shape index (κ3) is 2.83. The predicted molar refractivity (Wildman–Crippen MR) is 103 cm³/mol. The lowest BCUT2D eigenvalue weighted by molar-refractivity contribution is 0.275. The predicted octanol–water partition coefficient (Wildman–Crippen LogP) is 3.10. The second kappa shape index (κ2) is 6.57. The van der Waals surface area contributed by atoms with Crippen LogP contribution in [0.15, 0.2) is 50.2 Å². The molecule has 1 saturated heterocycles. The monoisotopic (exact) mass is 374 g/mol. The van der Waals surface area contributed by atoms with E-state index in [0.29, 0.717) is 36.5 Å². The van der Waals surface area contributed by atoms with Crippen LogP contribution < -0.4 is 10.5 Å². The fourth-order valence-electron chi connectivity index (χ4n) is 4.29. The molecule has 7 heteroatoms. The SMILES string of the molecule is N#Cc1nc(C=Cc2ccco2)oc1N1CC2CC(C1)c1cccc(=O)n1C2. The van der Waals surface area contributed by atoms with Crippen LogP contribution in [0, 0.1) is 17.2 Å². The Morgan fingerprint density at radius 2 is 2.11 bits per heavy atom. The number of rotatable bonds is 3. The summed E-state index contributed by atoms with van der Waals surface area (Å²) < 4.78 is 13.1.